The van der Waals surface area contributed by atoms with Gasteiger partial charge in [-0.1, -0.05) is 30.3 Å². The molecule has 0 saturated carbocycles. The third kappa shape index (κ3) is 4.99. The van der Waals surface area contributed by atoms with Gasteiger partial charge in [0.2, 0.25) is 5.95 Å². The van der Waals surface area contributed by atoms with Gasteiger partial charge in [0.15, 0.2) is 11.6 Å². The average Bonchev–Trinajstić information content (AvgIpc) is 3.60. The van der Waals surface area contributed by atoms with Gasteiger partial charge in [-0.2, -0.15) is 5.10 Å². The van der Waals surface area contributed by atoms with Crippen LogP contribution >= 0.6 is 11.3 Å². The van der Waals surface area contributed by atoms with E-state index in [9.17, 15) is 4.79 Å². The van der Waals surface area contributed by atoms with Crippen LogP contribution in [-0.4, -0.2) is 49.8 Å². The molecule has 0 radical (unpaired) electrons. The Morgan fingerprint density at radius 2 is 1.87 bits per heavy atom. The number of H-pyrrole nitrogens is 1. The van der Waals surface area contributed by atoms with E-state index in [1.165, 1.54) is 12.4 Å². The standard InChI is InChI=1S/C28H24N8O2S/c1-3-38-27(37)17-13-29-28(30-14-17)36(2)16-19-12-23-24(39-19)26(32-18-8-5-4-6-9-18)34-25(33-23)20-10-7-11-22-21(20)15-31-35-22/h4-15H,3,16H2,1-2H3,(H,31,35)(H,32,33,34). The van der Waals surface area contributed by atoms with Gasteiger partial charge in [-0.05, 0) is 31.2 Å². The molecule has 6 aromatic rings. The molecule has 0 aliphatic heterocycles. The zero-order valence-electron chi connectivity index (χ0n) is 21.3. The number of hydrogen-bond acceptors (Lipinski definition) is 10. The van der Waals surface area contributed by atoms with Crippen molar-refractivity contribution in [2.45, 2.75) is 13.5 Å². The third-order valence-corrected chi connectivity index (χ3v) is 7.18. The first-order valence-electron chi connectivity index (χ1n) is 12.3. The highest BCUT2D eigenvalue weighted by atomic mass is 32.1. The summed E-state index contributed by atoms with van der Waals surface area (Å²) in [4.78, 5) is 33.5. The molecule has 0 bridgehead atoms. The number of aromatic nitrogens is 6. The van der Waals surface area contributed by atoms with Gasteiger partial charge in [-0.15, -0.1) is 11.3 Å². The topological polar surface area (TPSA) is 122 Å². The quantitative estimate of drug-likeness (QED) is 0.240. The molecule has 0 aliphatic carbocycles. The van der Waals surface area contributed by atoms with Gasteiger partial charge in [0.25, 0.3) is 0 Å². The van der Waals surface area contributed by atoms with E-state index in [1.807, 2.05) is 60.5 Å². The van der Waals surface area contributed by atoms with Gasteiger partial charge in [-0.3, -0.25) is 5.10 Å². The van der Waals surface area contributed by atoms with Crippen LogP contribution in [0.4, 0.5) is 17.5 Å². The number of benzene rings is 2. The third-order valence-electron chi connectivity index (χ3n) is 6.07. The van der Waals surface area contributed by atoms with E-state index in [0.29, 0.717) is 30.5 Å². The fourth-order valence-electron chi connectivity index (χ4n) is 4.23. The van der Waals surface area contributed by atoms with Crippen LogP contribution in [0, 0.1) is 0 Å². The van der Waals surface area contributed by atoms with Crippen molar-refractivity contribution in [2.24, 2.45) is 0 Å². The summed E-state index contributed by atoms with van der Waals surface area (Å²) in [6.07, 6.45) is 4.76. The average molecular weight is 537 g/mol. The molecule has 11 heteroatoms. The van der Waals surface area contributed by atoms with E-state index in [-0.39, 0.29) is 0 Å². The van der Waals surface area contributed by atoms with Crippen LogP contribution in [0.3, 0.4) is 0 Å². The maximum atomic E-state index is 11.9. The van der Waals surface area contributed by atoms with Gasteiger partial charge in [-0.25, -0.2) is 24.7 Å². The lowest BCUT2D eigenvalue weighted by Gasteiger charge is -2.15. The maximum Gasteiger partial charge on any atom is 0.341 e. The van der Waals surface area contributed by atoms with E-state index in [1.54, 1.807) is 24.5 Å². The molecule has 2 aromatic carbocycles. The van der Waals surface area contributed by atoms with Gasteiger partial charge in [0.1, 0.15) is 0 Å². The molecule has 0 aliphatic rings. The van der Waals surface area contributed by atoms with Crippen LogP contribution in [0.25, 0.3) is 32.5 Å². The number of thiophene rings is 1. The van der Waals surface area contributed by atoms with E-state index in [2.05, 4.69) is 31.5 Å². The number of para-hydroxylation sites is 1. The zero-order chi connectivity index (χ0) is 26.8. The van der Waals surface area contributed by atoms with Gasteiger partial charge < -0.3 is 15.0 Å². The van der Waals surface area contributed by atoms with Crippen LogP contribution in [0.2, 0.25) is 0 Å². The van der Waals surface area contributed by atoms with Crippen molar-refractivity contribution < 1.29 is 9.53 Å². The summed E-state index contributed by atoms with van der Waals surface area (Å²) in [7, 11) is 1.91. The Hall–Kier alpha value is -4.90. The molecule has 0 amide bonds. The predicted octanol–water partition coefficient (Wildman–Crippen LogP) is 5.58. The molecule has 4 heterocycles. The van der Waals surface area contributed by atoms with Crippen molar-refractivity contribution >= 4 is 55.9 Å². The number of aromatic amines is 1. The minimum Gasteiger partial charge on any atom is -0.462 e. The summed E-state index contributed by atoms with van der Waals surface area (Å²) in [5.41, 5.74) is 3.93. The predicted molar refractivity (Wildman–Crippen MR) is 152 cm³/mol. The summed E-state index contributed by atoms with van der Waals surface area (Å²) >= 11 is 1.61. The van der Waals surface area contributed by atoms with E-state index < -0.39 is 5.97 Å². The highest BCUT2D eigenvalue weighted by Crippen LogP contribution is 2.35. The van der Waals surface area contributed by atoms with Crippen molar-refractivity contribution in [1.29, 1.82) is 0 Å². The molecule has 6 rings (SSSR count). The van der Waals surface area contributed by atoms with Gasteiger partial charge >= 0.3 is 5.97 Å². The normalized spacial score (nSPS) is 11.1. The Balaban J connectivity index is 1.35. The molecule has 0 fully saturated rings. The van der Waals surface area contributed by atoms with E-state index >= 15 is 0 Å². The van der Waals surface area contributed by atoms with Crippen LogP contribution in [0.1, 0.15) is 22.2 Å². The number of nitrogens with zero attached hydrogens (tertiary/aromatic N) is 6. The van der Waals surface area contributed by atoms with Crippen LogP contribution < -0.4 is 10.2 Å². The van der Waals surface area contributed by atoms with Crippen molar-refractivity contribution in [3.8, 4) is 11.4 Å². The molecule has 0 atom stereocenters. The minimum absolute atomic E-state index is 0.301. The second kappa shape index (κ2) is 10.5. The Bertz CT molecular complexity index is 1770. The molecular formula is C28H24N8O2S. The van der Waals surface area contributed by atoms with Crippen molar-refractivity contribution in [3.05, 3.63) is 83.6 Å². The number of anilines is 3. The number of fused-ring (bicyclic) bond motifs is 2. The Morgan fingerprint density at radius 3 is 2.67 bits per heavy atom. The number of rotatable bonds is 8. The first kappa shape index (κ1) is 24.4. The molecule has 4 aromatic heterocycles. The molecule has 194 valence electrons. The molecule has 2 N–H and O–H groups in total. The van der Waals surface area contributed by atoms with Crippen LogP contribution in [0.15, 0.2) is 73.2 Å². The maximum absolute atomic E-state index is 11.9. The molecule has 0 saturated heterocycles. The monoisotopic (exact) mass is 536 g/mol. The second-order valence-electron chi connectivity index (χ2n) is 8.80. The Morgan fingerprint density at radius 1 is 1.05 bits per heavy atom. The largest absolute Gasteiger partial charge is 0.462 e. The van der Waals surface area contributed by atoms with Gasteiger partial charge in [0.05, 0.1) is 40.6 Å². The Kier molecular flexibility index (Phi) is 6.55. The highest BCUT2D eigenvalue weighted by molar-refractivity contribution is 7.19. The fourth-order valence-corrected chi connectivity index (χ4v) is 5.32. The number of ether oxygens (including phenoxy) is 1. The smallest absolute Gasteiger partial charge is 0.341 e. The number of carbonyl (C=O) groups excluding carboxylic acids is 1. The number of nitrogens with one attached hydrogen (secondary N) is 2. The summed E-state index contributed by atoms with van der Waals surface area (Å²) in [6, 6.07) is 18.0. The second-order valence-corrected chi connectivity index (χ2v) is 9.94. The lowest BCUT2D eigenvalue weighted by molar-refractivity contribution is 0.0525. The molecule has 10 nitrogen and oxygen atoms in total. The van der Waals surface area contributed by atoms with E-state index in [4.69, 9.17) is 14.7 Å². The van der Waals surface area contributed by atoms with Crippen molar-refractivity contribution in [2.75, 3.05) is 23.9 Å². The minimum atomic E-state index is -0.435. The molecule has 39 heavy (non-hydrogen) atoms. The molecule has 0 spiro atoms. The molecule has 0 unspecified atom stereocenters. The number of carbonyl (C=O) groups is 1. The molecular weight excluding hydrogens is 512 g/mol. The van der Waals surface area contributed by atoms with E-state index in [0.717, 1.165) is 43.1 Å². The van der Waals surface area contributed by atoms with Gasteiger partial charge in [0, 0.05) is 41.0 Å². The van der Waals surface area contributed by atoms with Crippen LogP contribution in [-0.2, 0) is 11.3 Å². The highest BCUT2D eigenvalue weighted by Gasteiger charge is 2.17. The fraction of sp³-hybridized carbons (Fsp3) is 0.143. The number of hydrogen-bond donors (Lipinski definition) is 2. The summed E-state index contributed by atoms with van der Waals surface area (Å²) in [5, 5.41) is 11.6. The number of esters is 1. The Labute approximate surface area is 227 Å². The van der Waals surface area contributed by atoms with Crippen molar-refractivity contribution in [3.63, 3.8) is 0 Å². The lowest BCUT2D eigenvalue weighted by Crippen LogP contribution is -2.19. The zero-order valence-corrected chi connectivity index (χ0v) is 22.1. The summed E-state index contributed by atoms with van der Waals surface area (Å²) < 4.78 is 5.97. The first-order valence-corrected chi connectivity index (χ1v) is 13.2. The summed E-state index contributed by atoms with van der Waals surface area (Å²) in [5.74, 6) is 1.41. The SMILES string of the molecule is CCOC(=O)c1cnc(N(C)Cc2cc3nc(-c4cccc5[nH]ncc45)nc(Nc4ccccc4)c3s2)nc1. The van der Waals surface area contributed by atoms with Crippen molar-refractivity contribution in [1.82, 2.24) is 30.1 Å². The van der Waals surface area contributed by atoms with Crippen LogP contribution in [0.5, 0.6) is 0 Å². The first-order chi connectivity index (χ1) is 19.1. The summed E-state index contributed by atoms with van der Waals surface area (Å²) in [6.45, 7) is 2.62. The lowest BCUT2D eigenvalue weighted by atomic mass is 10.1.